The maximum absolute atomic E-state index is 10.6. The molecule has 4 rings (SSSR count). The Morgan fingerprint density at radius 1 is 1.07 bits per heavy atom. The Bertz CT molecular complexity index is 697. The van der Waals surface area contributed by atoms with E-state index >= 15 is 0 Å². The van der Waals surface area contributed by atoms with Crippen LogP contribution in [0.3, 0.4) is 0 Å². The summed E-state index contributed by atoms with van der Waals surface area (Å²) in [5.41, 5.74) is 0.446. The number of allylic oxidation sites excluding steroid dienone is 1. The summed E-state index contributed by atoms with van der Waals surface area (Å²) in [7, 11) is 0. The van der Waals surface area contributed by atoms with E-state index in [1.807, 2.05) is 18.5 Å². The minimum atomic E-state index is -5.08. The smallest absolute Gasteiger partial charge is 0.475 e. The van der Waals surface area contributed by atoms with Gasteiger partial charge in [-0.3, -0.25) is 4.90 Å². The third-order valence-corrected chi connectivity index (χ3v) is 6.06. The number of carboxylic acids is 1. The van der Waals surface area contributed by atoms with Crippen molar-refractivity contribution < 1.29 is 23.1 Å². The molecule has 3 heterocycles. The SMILES string of the molecule is C1=CC2(CCC1N1CCCC1)CCN(c1ncccn1)CC2.O=C(O)C(F)(F)F. The summed E-state index contributed by atoms with van der Waals surface area (Å²) in [4.78, 5) is 22.7. The fourth-order valence-electron chi connectivity index (χ4n) is 4.33. The molecule has 1 atom stereocenters. The number of carboxylic acid groups (broad SMARTS) is 1. The Kier molecular flexibility index (Phi) is 6.77. The lowest BCUT2D eigenvalue weighted by molar-refractivity contribution is -0.192. The molecule has 3 aliphatic rings. The van der Waals surface area contributed by atoms with Crippen molar-refractivity contribution in [2.45, 2.75) is 50.7 Å². The van der Waals surface area contributed by atoms with Crippen molar-refractivity contribution in [3.63, 3.8) is 0 Å². The lowest BCUT2D eigenvalue weighted by Crippen LogP contribution is -2.43. The van der Waals surface area contributed by atoms with E-state index in [-0.39, 0.29) is 0 Å². The number of alkyl halides is 3. The summed E-state index contributed by atoms with van der Waals surface area (Å²) >= 11 is 0. The molecule has 160 valence electrons. The van der Waals surface area contributed by atoms with Gasteiger partial charge in [0.2, 0.25) is 5.95 Å². The number of piperidine rings is 1. The second-order valence-electron chi connectivity index (χ2n) is 7.91. The van der Waals surface area contributed by atoms with Gasteiger partial charge in [0.05, 0.1) is 0 Å². The van der Waals surface area contributed by atoms with E-state index in [9.17, 15) is 13.2 Å². The number of anilines is 1. The second-order valence-corrected chi connectivity index (χ2v) is 7.91. The Labute approximate surface area is 168 Å². The summed E-state index contributed by atoms with van der Waals surface area (Å²) in [6, 6.07) is 2.60. The Morgan fingerprint density at radius 2 is 1.66 bits per heavy atom. The van der Waals surface area contributed by atoms with Crippen LogP contribution in [0, 0.1) is 5.41 Å². The predicted molar refractivity (Wildman–Crippen MR) is 103 cm³/mol. The number of aromatic nitrogens is 2. The van der Waals surface area contributed by atoms with E-state index in [4.69, 9.17) is 9.90 Å². The number of aliphatic carboxylic acids is 1. The van der Waals surface area contributed by atoms with Gasteiger partial charge in [-0.2, -0.15) is 13.2 Å². The molecule has 6 nitrogen and oxygen atoms in total. The molecule has 0 radical (unpaired) electrons. The summed E-state index contributed by atoms with van der Waals surface area (Å²) in [5, 5.41) is 7.12. The number of carbonyl (C=O) groups is 1. The van der Waals surface area contributed by atoms with Crippen LogP contribution in [0.5, 0.6) is 0 Å². The highest BCUT2D eigenvalue weighted by Crippen LogP contribution is 2.42. The molecular formula is C20H27F3N4O2. The first-order valence-electron chi connectivity index (χ1n) is 10.0. The van der Waals surface area contributed by atoms with Crippen LogP contribution in [0.1, 0.15) is 38.5 Å². The van der Waals surface area contributed by atoms with Crippen LogP contribution < -0.4 is 4.90 Å². The monoisotopic (exact) mass is 412 g/mol. The van der Waals surface area contributed by atoms with E-state index in [0.29, 0.717) is 11.5 Å². The number of likely N-dealkylation sites (tertiary alicyclic amines) is 1. The van der Waals surface area contributed by atoms with Crippen LogP contribution in [0.15, 0.2) is 30.6 Å². The summed E-state index contributed by atoms with van der Waals surface area (Å²) in [6.45, 7) is 4.79. The van der Waals surface area contributed by atoms with Gasteiger partial charge < -0.3 is 10.0 Å². The molecule has 2 aliphatic heterocycles. The first kappa shape index (κ1) is 21.5. The summed E-state index contributed by atoms with van der Waals surface area (Å²) < 4.78 is 31.7. The van der Waals surface area contributed by atoms with Gasteiger partial charge in [-0.05, 0) is 63.1 Å². The number of halogens is 3. The van der Waals surface area contributed by atoms with Crippen molar-refractivity contribution in [1.82, 2.24) is 14.9 Å². The van der Waals surface area contributed by atoms with Gasteiger partial charge in [0.1, 0.15) is 0 Å². The van der Waals surface area contributed by atoms with Crippen LogP contribution in [-0.2, 0) is 4.79 Å². The molecule has 2 saturated heterocycles. The van der Waals surface area contributed by atoms with Crippen LogP contribution in [0.4, 0.5) is 19.1 Å². The molecule has 1 N–H and O–H groups in total. The van der Waals surface area contributed by atoms with Gasteiger partial charge in [-0.1, -0.05) is 12.2 Å². The Hall–Kier alpha value is -2.16. The molecule has 2 fully saturated rings. The molecule has 9 heteroatoms. The molecular weight excluding hydrogens is 385 g/mol. The normalized spacial score (nSPS) is 24.2. The lowest BCUT2D eigenvalue weighted by atomic mass is 9.71. The topological polar surface area (TPSA) is 69.6 Å². The average molecular weight is 412 g/mol. The predicted octanol–water partition coefficient (Wildman–Crippen LogP) is 3.51. The fourth-order valence-corrected chi connectivity index (χ4v) is 4.33. The van der Waals surface area contributed by atoms with Crippen molar-refractivity contribution in [2.75, 3.05) is 31.1 Å². The molecule has 1 unspecified atom stereocenters. The van der Waals surface area contributed by atoms with Gasteiger partial charge in [0.25, 0.3) is 0 Å². The van der Waals surface area contributed by atoms with Crippen LogP contribution >= 0.6 is 0 Å². The largest absolute Gasteiger partial charge is 0.490 e. The number of nitrogens with zero attached hydrogens (tertiary/aromatic N) is 4. The number of rotatable bonds is 2. The third kappa shape index (κ3) is 5.68. The van der Waals surface area contributed by atoms with Crippen molar-refractivity contribution in [2.24, 2.45) is 5.41 Å². The molecule has 0 amide bonds. The Balaban J connectivity index is 0.000000298. The fraction of sp³-hybridized carbons (Fsp3) is 0.650. The van der Waals surface area contributed by atoms with E-state index in [0.717, 1.165) is 19.0 Å². The number of hydrogen-bond donors (Lipinski definition) is 1. The highest BCUT2D eigenvalue weighted by Gasteiger charge is 2.38. The maximum atomic E-state index is 10.6. The van der Waals surface area contributed by atoms with Crippen LogP contribution in [-0.4, -0.2) is 64.3 Å². The number of hydrogen-bond acceptors (Lipinski definition) is 5. The van der Waals surface area contributed by atoms with E-state index < -0.39 is 12.1 Å². The zero-order valence-corrected chi connectivity index (χ0v) is 16.3. The second kappa shape index (κ2) is 9.11. The minimum Gasteiger partial charge on any atom is -0.475 e. The lowest BCUT2D eigenvalue weighted by Gasteiger charge is -2.43. The van der Waals surface area contributed by atoms with Crippen LogP contribution in [0.2, 0.25) is 0 Å². The quantitative estimate of drug-likeness (QED) is 0.750. The van der Waals surface area contributed by atoms with E-state index in [1.54, 1.807) is 0 Å². The van der Waals surface area contributed by atoms with Crippen molar-refractivity contribution in [3.05, 3.63) is 30.6 Å². The van der Waals surface area contributed by atoms with Gasteiger partial charge in [-0.25, -0.2) is 14.8 Å². The van der Waals surface area contributed by atoms with Gasteiger partial charge in [0, 0.05) is 31.5 Å². The summed E-state index contributed by atoms with van der Waals surface area (Å²) in [6.07, 6.45) is 11.6. The molecule has 1 aromatic heterocycles. The van der Waals surface area contributed by atoms with Gasteiger partial charge >= 0.3 is 12.1 Å². The molecule has 0 saturated carbocycles. The average Bonchev–Trinajstić information content (AvgIpc) is 3.24. The van der Waals surface area contributed by atoms with Gasteiger partial charge in [0.15, 0.2) is 0 Å². The molecule has 0 bridgehead atoms. The highest BCUT2D eigenvalue weighted by atomic mass is 19.4. The Morgan fingerprint density at radius 3 is 2.14 bits per heavy atom. The highest BCUT2D eigenvalue weighted by molar-refractivity contribution is 5.73. The first-order chi connectivity index (χ1) is 13.8. The molecule has 0 aromatic carbocycles. The van der Waals surface area contributed by atoms with Crippen molar-refractivity contribution >= 4 is 11.9 Å². The van der Waals surface area contributed by atoms with Crippen LogP contribution in [0.25, 0.3) is 0 Å². The zero-order valence-electron chi connectivity index (χ0n) is 16.3. The summed E-state index contributed by atoms with van der Waals surface area (Å²) in [5.74, 6) is -1.86. The molecule has 1 spiro atoms. The third-order valence-electron chi connectivity index (χ3n) is 6.06. The zero-order chi connectivity index (χ0) is 20.9. The molecule has 29 heavy (non-hydrogen) atoms. The maximum Gasteiger partial charge on any atom is 0.490 e. The molecule has 1 aliphatic carbocycles. The van der Waals surface area contributed by atoms with Crippen molar-refractivity contribution in [1.29, 1.82) is 0 Å². The van der Waals surface area contributed by atoms with E-state index in [1.165, 1.54) is 51.6 Å². The van der Waals surface area contributed by atoms with E-state index in [2.05, 4.69) is 31.9 Å². The van der Waals surface area contributed by atoms with Gasteiger partial charge in [-0.15, -0.1) is 0 Å². The minimum absolute atomic E-state index is 0.446. The first-order valence-corrected chi connectivity index (χ1v) is 10.0. The standard InChI is InChI=1S/C18H26N4.C2HF3O2/c1-2-13-21(12-1)16-4-6-18(7-5-16)8-14-22(15-9-18)17-19-10-3-11-20-17;3-2(4,5)1(6)7/h3-4,6,10-11,16H,1-2,5,7-9,12-15H2;(H,6,7). The van der Waals surface area contributed by atoms with Crippen molar-refractivity contribution in [3.8, 4) is 0 Å². The molecule has 1 aromatic rings.